The number of nitrogens with zero attached hydrogens (tertiary/aromatic N) is 1. The van der Waals surface area contributed by atoms with E-state index in [1.54, 1.807) is 30.3 Å². The summed E-state index contributed by atoms with van der Waals surface area (Å²) in [6.07, 6.45) is 2.03. The minimum atomic E-state index is -3.81. The molecule has 0 spiro atoms. The van der Waals surface area contributed by atoms with Crippen molar-refractivity contribution < 1.29 is 17.9 Å². The SMILES string of the molecule is O=Cc1cn(S(=O)(=O)c2ccccc2)c2c1COc1ccccc1-2. The van der Waals surface area contributed by atoms with Gasteiger partial charge >= 0.3 is 0 Å². The lowest BCUT2D eigenvalue weighted by Crippen LogP contribution is -2.15. The molecule has 0 N–H and O–H groups in total. The summed E-state index contributed by atoms with van der Waals surface area (Å²) in [4.78, 5) is 11.6. The number of para-hydroxylation sites is 1. The van der Waals surface area contributed by atoms with E-state index in [1.807, 2.05) is 12.1 Å². The van der Waals surface area contributed by atoms with Crippen LogP contribution in [0.25, 0.3) is 11.3 Å². The van der Waals surface area contributed by atoms with Gasteiger partial charge < -0.3 is 4.74 Å². The molecule has 1 aliphatic heterocycles. The van der Waals surface area contributed by atoms with Crippen molar-refractivity contribution in [3.8, 4) is 17.0 Å². The summed E-state index contributed by atoms with van der Waals surface area (Å²) in [5, 5.41) is 0. The third-order valence-corrected chi connectivity index (χ3v) is 5.73. The molecule has 0 atom stereocenters. The molecule has 3 aromatic rings. The van der Waals surface area contributed by atoms with Crippen LogP contribution in [0.1, 0.15) is 15.9 Å². The van der Waals surface area contributed by atoms with Gasteiger partial charge in [-0.3, -0.25) is 4.79 Å². The maximum absolute atomic E-state index is 13.1. The minimum absolute atomic E-state index is 0.164. The lowest BCUT2D eigenvalue weighted by atomic mass is 10.0. The normalized spacial score (nSPS) is 12.8. The molecule has 5 nitrogen and oxygen atoms in total. The van der Waals surface area contributed by atoms with Crippen LogP contribution in [-0.4, -0.2) is 18.7 Å². The average Bonchev–Trinajstić information content (AvgIpc) is 3.02. The van der Waals surface area contributed by atoms with E-state index in [4.69, 9.17) is 4.74 Å². The highest BCUT2D eigenvalue weighted by Gasteiger charge is 2.30. The Balaban J connectivity index is 2.03. The van der Waals surface area contributed by atoms with Crippen LogP contribution >= 0.6 is 0 Å². The van der Waals surface area contributed by atoms with E-state index in [0.29, 0.717) is 34.4 Å². The van der Waals surface area contributed by atoms with Crippen molar-refractivity contribution in [2.45, 2.75) is 11.5 Å². The number of benzene rings is 2. The fraction of sp³-hybridized carbons (Fsp3) is 0.0556. The summed E-state index contributed by atoms with van der Waals surface area (Å²) < 4.78 is 32.9. The number of hydrogen-bond donors (Lipinski definition) is 0. The smallest absolute Gasteiger partial charge is 0.268 e. The highest BCUT2D eigenvalue weighted by Crippen LogP contribution is 2.40. The van der Waals surface area contributed by atoms with Crippen LogP contribution in [0.5, 0.6) is 5.75 Å². The fourth-order valence-corrected chi connectivity index (χ4v) is 4.34. The molecule has 24 heavy (non-hydrogen) atoms. The number of carbonyl (C=O) groups excluding carboxylic acids is 1. The number of aldehydes is 1. The Morgan fingerprint density at radius 2 is 1.71 bits per heavy atom. The topological polar surface area (TPSA) is 65.4 Å². The summed E-state index contributed by atoms with van der Waals surface area (Å²) in [5.41, 5.74) is 2.05. The lowest BCUT2D eigenvalue weighted by molar-refractivity contribution is 0.112. The molecular weight excluding hydrogens is 326 g/mol. The summed E-state index contributed by atoms with van der Waals surface area (Å²) in [7, 11) is -3.81. The molecule has 0 saturated heterocycles. The molecule has 2 heterocycles. The number of carbonyl (C=O) groups is 1. The number of ether oxygens (including phenoxy) is 1. The van der Waals surface area contributed by atoms with E-state index < -0.39 is 10.0 Å². The molecule has 2 aromatic carbocycles. The van der Waals surface area contributed by atoms with E-state index in [2.05, 4.69) is 0 Å². The van der Waals surface area contributed by atoms with Gasteiger partial charge in [-0.2, -0.15) is 0 Å². The number of rotatable bonds is 3. The van der Waals surface area contributed by atoms with Crippen molar-refractivity contribution in [2.75, 3.05) is 0 Å². The van der Waals surface area contributed by atoms with Crippen LogP contribution in [0.4, 0.5) is 0 Å². The molecule has 1 aliphatic rings. The second-order valence-corrected chi connectivity index (χ2v) is 7.24. The second-order valence-electron chi connectivity index (χ2n) is 5.43. The number of fused-ring (bicyclic) bond motifs is 3. The van der Waals surface area contributed by atoms with Crippen molar-refractivity contribution in [3.63, 3.8) is 0 Å². The zero-order chi connectivity index (χ0) is 16.7. The van der Waals surface area contributed by atoms with Gasteiger partial charge in [-0.25, -0.2) is 12.4 Å². The van der Waals surface area contributed by atoms with Gasteiger partial charge in [-0.15, -0.1) is 0 Å². The molecule has 6 heteroatoms. The van der Waals surface area contributed by atoms with Gasteiger partial charge in [0.2, 0.25) is 0 Å². The fourth-order valence-electron chi connectivity index (χ4n) is 2.91. The third-order valence-electron chi connectivity index (χ3n) is 4.05. The monoisotopic (exact) mass is 339 g/mol. The Labute approximate surface area is 139 Å². The standard InChI is InChI=1S/C18H13NO4S/c20-11-13-10-19(24(21,22)14-6-2-1-3-7-14)18-15-8-4-5-9-17(15)23-12-16(13)18/h1-11H,12H2. The van der Waals surface area contributed by atoms with Crippen LogP contribution in [-0.2, 0) is 16.6 Å². The van der Waals surface area contributed by atoms with Gasteiger partial charge in [-0.05, 0) is 24.3 Å². The maximum Gasteiger partial charge on any atom is 0.268 e. The predicted molar refractivity (Wildman–Crippen MR) is 88.6 cm³/mol. The molecule has 0 unspecified atom stereocenters. The first kappa shape index (κ1) is 14.7. The van der Waals surface area contributed by atoms with Crippen molar-refractivity contribution >= 4 is 16.3 Å². The van der Waals surface area contributed by atoms with E-state index in [1.165, 1.54) is 22.3 Å². The van der Waals surface area contributed by atoms with Gasteiger partial charge in [0.1, 0.15) is 12.4 Å². The van der Waals surface area contributed by atoms with E-state index >= 15 is 0 Å². The van der Waals surface area contributed by atoms with Gasteiger partial charge in [-0.1, -0.05) is 30.3 Å². The second kappa shape index (κ2) is 5.35. The number of hydrogen-bond acceptors (Lipinski definition) is 4. The van der Waals surface area contributed by atoms with E-state index in [9.17, 15) is 13.2 Å². The highest BCUT2D eigenvalue weighted by atomic mass is 32.2. The predicted octanol–water partition coefficient (Wildman–Crippen LogP) is 3.10. The Morgan fingerprint density at radius 1 is 1.00 bits per heavy atom. The van der Waals surface area contributed by atoms with Crippen LogP contribution < -0.4 is 4.74 Å². The third kappa shape index (κ3) is 2.07. The Kier molecular flexibility index (Phi) is 3.28. The molecule has 0 saturated carbocycles. The maximum atomic E-state index is 13.1. The Morgan fingerprint density at radius 3 is 2.46 bits per heavy atom. The molecule has 0 fully saturated rings. The summed E-state index contributed by atoms with van der Waals surface area (Å²) in [6.45, 7) is 0.164. The van der Waals surface area contributed by atoms with Gasteiger partial charge in [0.05, 0.1) is 10.6 Å². The van der Waals surface area contributed by atoms with Crippen molar-refractivity contribution in [1.29, 1.82) is 0 Å². The van der Waals surface area contributed by atoms with Crippen LogP contribution in [0.3, 0.4) is 0 Å². The molecule has 0 amide bonds. The van der Waals surface area contributed by atoms with Crippen LogP contribution in [0.15, 0.2) is 65.7 Å². The molecule has 4 rings (SSSR count). The number of aromatic nitrogens is 1. The van der Waals surface area contributed by atoms with E-state index in [-0.39, 0.29) is 11.5 Å². The minimum Gasteiger partial charge on any atom is -0.488 e. The van der Waals surface area contributed by atoms with Gasteiger partial charge in [0, 0.05) is 22.9 Å². The molecule has 0 radical (unpaired) electrons. The first-order valence-corrected chi connectivity index (χ1v) is 8.79. The van der Waals surface area contributed by atoms with Crippen molar-refractivity contribution in [2.24, 2.45) is 0 Å². The Bertz CT molecular complexity index is 1040. The highest BCUT2D eigenvalue weighted by molar-refractivity contribution is 7.90. The largest absolute Gasteiger partial charge is 0.488 e. The first-order chi connectivity index (χ1) is 11.6. The first-order valence-electron chi connectivity index (χ1n) is 7.35. The molecular formula is C18H13NO4S. The van der Waals surface area contributed by atoms with Crippen LogP contribution in [0, 0.1) is 0 Å². The van der Waals surface area contributed by atoms with Gasteiger partial charge in [0.15, 0.2) is 6.29 Å². The molecule has 0 aliphatic carbocycles. The zero-order valence-corrected chi connectivity index (χ0v) is 13.4. The van der Waals surface area contributed by atoms with Crippen LogP contribution in [0.2, 0.25) is 0 Å². The summed E-state index contributed by atoms with van der Waals surface area (Å²) in [6, 6.07) is 15.4. The Hall–Kier alpha value is -2.86. The van der Waals surface area contributed by atoms with E-state index in [0.717, 1.165) is 0 Å². The van der Waals surface area contributed by atoms with Crippen molar-refractivity contribution in [3.05, 3.63) is 71.9 Å². The molecule has 120 valence electrons. The molecule has 1 aromatic heterocycles. The van der Waals surface area contributed by atoms with Crippen molar-refractivity contribution in [1.82, 2.24) is 3.97 Å². The van der Waals surface area contributed by atoms with Gasteiger partial charge in [0.25, 0.3) is 10.0 Å². The average molecular weight is 339 g/mol. The quantitative estimate of drug-likeness (QED) is 0.688. The lowest BCUT2D eigenvalue weighted by Gasteiger charge is -2.20. The summed E-state index contributed by atoms with van der Waals surface area (Å²) in [5.74, 6) is 0.602. The zero-order valence-electron chi connectivity index (χ0n) is 12.5. The molecule has 0 bridgehead atoms. The summed E-state index contributed by atoms with van der Waals surface area (Å²) >= 11 is 0.